The fraction of sp³-hybridized carbons (Fsp3) is 0.750. The molecule has 1 fully saturated rings. The van der Waals surface area contributed by atoms with E-state index in [9.17, 15) is 9.59 Å². The van der Waals surface area contributed by atoms with Gasteiger partial charge in [-0.3, -0.25) is 9.59 Å². The smallest absolute Gasteiger partial charge is 0.308 e. The largest absolute Gasteiger partial charge is 0.481 e. The summed E-state index contributed by atoms with van der Waals surface area (Å²) >= 11 is 5.60. The molecule has 2 unspecified atom stereocenters. The number of nitrogens with zero attached hydrogens (tertiary/aromatic N) is 1. The summed E-state index contributed by atoms with van der Waals surface area (Å²) in [7, 11) is 0. The third-order valence-corrected chi connectivity index (χ3v) is 2.38. The molecule has 0 aliphatic carbocycles. The fourth-order valence-electron chi connectivity index (χ4n) is 1.41. The zero-order valence-electron chi connectivity index (χ0n) is 7.36. The molecule has 0 aromatic heterocycles. The van der Waals surface area contributed by atoms with Gasteiger partial charge in [0, 0.05) is 13.1 Å². The van der Waals surface area contributed by atoms with Gasteiger partial charge in [0.15, 0.2) is 0 Å². The molecule has 13 heavy (non-hydrogen) atoms. The van der Waals surface area contributed by atoms with Gasteiger partial charge in [-0.1, -0.05) is 0 Å². The molecule has 1 heterocycles. The van der Waals surface area contributed by atoms with Crippen LogP contribution in [-0.4, -0.2) is 40.3 Å². The molecule has 1 aliphatic heterocycles. The van der Waals surface area contributed by atoms with Gasteiger partial charge in [-0.05, 0) is 13.3 Å². The molecule has 1 aliphatic rings. The van der Waals surface area contributed by atoms with E-state index in [4.69, 9.17) is 16.7 Å². The predicted octanol–water partition coefficient (Wildman–Crippen LogP) is 0.547. The maximum Gasteiger partial charge on any atom is 0.308 e. The highest BCUT2D eigenvalue weighted by Gasteiger charge is 2.31. The van der Waals surface area contributed by atoms with Crippen LogP contribution < -0.4 is 0 Å². The van der Waals surface area contributed by atoms with Crippen molar-refractivity contribution in [1.82, 2.24) is 4.90 Å². The maximum absolute atomic E-state index is 11.3. The molecule has 5 heteroatoms. The van der Waals surface area contributed by atoms with Gasteiger partial charge in [0.2, 0.25) is 5.91 Å². The number of hydrogen-bond donors (Lipinski definition) is 1. The van der Waals surface area contributed by atoms with Crippen molar-refractivity contribution in [3.8, 4) is 0 Å². The van der Waals surface area contributed by atoms with E-state index in [1.165, 1.54) is 4.90 Å². The topological polar surface area (TPSA) is 57.6 Å². The lowest BCUT2D eigenvalue weighted by Gasteiger charge is -2.16. The van der Waals surface area contributed by atoms with Crippen molar-refractivity contribution in [3.63, 3.8) is 0 Å². The van der Waals surface area contributed by atoms with Crippen LogP contribution in [0, 0.1) is 5.92 Å². The number of amides is 1. The molecule has 0 bridgehead atoms. The Labute approximate surface area is 81.5 Å². The maximum atomic E-state index is 11.3. The van der Waals surface area contributed by atoms with E-state index in [0.29, 0.717) is 19.5 Å². The summed E-state index contributed by atoms with van der Waals surface area (Å²) in [6, 6.07) is 0. The first-order chi connectivity index (χ1) is 6.02. The van der Waals surface area contributed by atoms with E-state index in [1.54, 1.807) is 6.92 Å². The Balaban J connectivity index is 2.50. The molecule has 0 radical (unpaired) electrons. The van der Waals surface area contributed by atoms with Gasteiger partial charge in [0.05, 0.1) is 5.92 Å². The second kappa shape index (κ2) is 3.96. The van der Waals surface area contributed by atoms with Crippen molar-refractivity contribution < 1.29 is 14.7 Å². The Morgan fingerprint density at radius 3 is 2.62 bits per heavy atom. The van der Waals surface area contributed by atoms with Crippen molar-refractivity contribution >= 4 is 23.5 Å². The molecular weight excluding hydrogens is 194 g/mol. The quantitative estimate of drug-likeness (QED) is 0.670. The number of carboxylic acids is 1. The Morgan fingerprint density at radius 1 is 1.62 bits per heavy atom. The van der Waals surface area contributed by atoms with Gasteiger partial charge in [0.1, 0.15) is 5.38 Å². The van der Waals surface area contributed by atoms with Crippen molar-refractivity contribution in [2.24, 2.45) is 5.92 Å². The van der Waals surface area contributed by atoms with Crippen LogP contribution in [0.4, 0.5) is 0 Å². The molecule has 74 valence electrons. The molecule has 1 amide bonds. The summed E-state index contributed by atoms with van der Waals surface area (Å²) in [5.74, 6) is -1.43. The Hall–Kier alpha value is -0.770. The third-order valence-electron chi connectivity index (χ3n) is 2.19. The van der Waals surface area contributed by atoms with Gasteiger partial charge in [-0.25, -0.2) is 0 Å². The van der Waals surface area contributed by atoms with Crippen LogP contribution in [0.2, 0.25) is 0 Å². The zero-order valence-corrected chi connectivity index (χ0v) is 8.12. The first-order valence-electron chi connectivity index (χ1n) is 4.18. The average molecular weight is 206 g/mol. The molecule has 1 saturated heterocycles. The molecule has 0 spiro atoms. The second-order valence-corrected chi connectivity index (χ2v) is 3.88. The van der Waals surface area contributed by atoms with Crippen molar-refractivity contribution in [2.45, 2.75) is 18.7 Å². The molecule has 0 aromatic rings. The lowest BCUT2D eigenvalue weighted by molar-refractivity contribution is -0.141. The van der Waals surface area contributed by atoms with E-state index in [1.807, 2.05) is 0 Å². The average Bonchev–Trinajstić information content (AvgIpc) is 2.50. The first-order valence-corrected chi connectivity index (χ1v) is 4.61. The number of carboxylic acid groups (broad SMARTS) is 1. The van der Waals surface area contributed by atoms with Crippen LogP contribution >= 0.6 is 11.6 Å². The summed E-state index contributed by atoms with van der Waals surface area (Å²) in [6.45, 7) is 2.40. The number of rotatable bonds is 2. The summed E-state index contributed by atoms with van der Waals surface area (Å²) < 4.78 is 0. The van der Waals surface area contributed by atoms with E-state index in [2.05, 4.69) is 0 Å². The van der Waals surface area contributed by atoms with Crippen molar-refractivity contribution in [1.29, 1.82) is 0 Å². The van der Waals surface area contributed by atoms with Crippen LogP contribution in [0.25, 0.3) is 0 Å². The fourth-order valence-corrected chi connectivity index (χ4v) is 1.55. The Kier molecular flexibility index (Phi) is 3.14. The second-order valence-electron chi connectivity index (χ2n) is 3.22. The minimum absolute atomic E-state index is 0.176. The van der Waals surface area contributed by atoms with Gasteiger partial charge in [-0.15, -0.1) is 11.6 Å². The lowest BCUT2D eigenvalue weighted by Crippen LogP contribution is -2.34. The monoisotopic (exact) mass is 205 g/mol. The van der Waals surface area contributed by atoms with Crippen LogP contribution in [0.1, 0.15) is 13.3 Å². The molecule has 0 aromatic carbocycles. The number of carbonyl (C=O) groups is 2. The SMILES string of the molecule is CC(Cl)C(=O)N1CCC(C(=O)O)C1. The van der Waals surface area contributed by atoms with Crippen LogP contribution in [0.5, 0.6) is 0 Å². The highest BCUT2D eigenvalue weighted by molar-refractivity contribution is 6.30. The number of aliphatic carboxylic acids is 1. The molecule has 4 nitrogen and oxygen atoms in total. The number of hydrogen-bond acceptors (Lipinski definition) is 2. The normalized spacial score (nSPS) is 24.5. The Morgan fingerprint density at radius 2 is 2.23 bits per heavy atom. The minimum Gasteiger partial charge on any atom is -0.481 e. The summed E-state index contributed by atoms with van der Waals surface area (Å²) in [6.07, 6.45) is 0.532. The van der Waals surface area contributed by atoms with Crippen LogP contribution in [0.15, 0.2) is 0 Å². The summed E-state index contributed by atoms with van der Waals surface area (Å²) in [4.78, 5) is 23.4. The van der Waals surface area contributed by atoms with Gasteiger partial charge in [-0.2, -0.15) is 0 Å². The Bertz CT molecular complexity index is 229. The van der Waals surface area contributed by atoms with Crippen LogP contribution in [-0.2, 0) is 9.59 Å². The van der Waals surface area contributed by atoms with E-state index < -0.39 is 17.3 Å². The number of carbonyl (C=O) groups excluding carboxylic acids is 1. The summed E-state index contributed by atoms with van der Waals surface area (Å²) in [5, 5.41) is 8.12. The molecular formula is C8H12ClNO3. The van der Waals surface area contributed by atoms with E-state index >= 15 is 0 Å². The molecule has 1 N–H and O–H groups in total. The van der Waals surface area contributed by atoms with E-state index in [-0.39, 0.29) is 5.91 Å². The summed E-state index contributed by atoms with van der Waals surface area (Å²) in [5.41, 5.74) is 0. The standard InChI is InChI=1S/C8H12ClNO3/c1-5(9)7(11)10-3-2-6(4-10)8(12)13/h5-6H,2-4H2,1H3,(H,12,13). The number of alkyl halides is 1. The van der Waals surface area contributed by atoms with Crippen molar-refractivity contribution in [2.75, 3.05) is 13.1 Å². The van der Waals surface area contributed by atoms with Gasteiger partial charge in [0.25, 0.3) is 0 Å². The minimum atomic E-state index is -0.836. The van der Waals surface area contributed by atoms with Crippen LogP contribution in [0.3, 0.4) is 0 Å². The van der Waals surface area contributed by atoms with Gasteiger partial charge < -0.3 is 10.0 Å². The predicted molar refractivity (Wildman–Crippen MR) is 47.6 cm³/mol. The first kappa shape index (κ1) is 10.3. The number of likely N-dealkylation sites (tertiary alicyclic amines) is 1. The molecule has 0 saturated carbocycles. The van der Waals surface area contributed by atoms with E-state index in [0.717, 1.165) is 0 Å². The highest BCUT2D eigenvalue weighted by atomic mass is 35.5. The highest BCUT2D eigenvalue weighted by Crippen LogP contribution is 2.17. The molecule has 1 rings (SSSR count). The number of halogens is 1. The van der Waals surface area contributed by atoms with Gasteiger partial charge >= 0.3 is 5.97 Å². The third kappa shape index (κ3) is 2.34. The lowest BCUT2D eigenvalue weighted by atomic mass is 10.1. The molecule has 2 atom stereocenters. The van der Waals surface area contributed by atoms with Crippen molar-refractivity contribution in [3.05, 3.63) is 0 Å². The zero-order chi connectivity index (χ0) is 10.0.